The van der Waals surface area contributed by atoms with Crippen molar-refractivity contribution in [2.45, 2.75) is 19.8 Å². The summed E-state index contributed by atoms with van der Waals surface area (Å²) < 4.78 is 5.47. The topological polar surface area (TPSA) is 36.9 Å². The monoisotopic (exact) mass is 214 g/mol. The molecule has 0 aromatic heterocycles. The predicted octanol–water partition coefficient (Wildman–Crippen LogP) is 1.91. The van der Waals surface area contributed by atoms with E-state index in [2.05, 4.69) is 12.7 Å². The second-order valence-electron chi connectivity index (χ2n) is 3.22. The van der Waals surface area contributed by atoms with Crippen molar-refractivity contribution >= 4 is 11.6 Å². The molecular weight excluding hydrogens is 198 g/mol. The Kier molecular flexibility index (Phi) is 4.77. The van der Waals surface area contributed by atoms with Gasteiger partial charge >= 0.3 is 0 Å². The molecule has 0 heterocycles. The Morgan fingerprint density at radius 3 is 2.79 bits per heavy atom. The molecule has 1 aromatic carbocycles. The number of hydrogen-bond donors (Lipinski definition) is 1. The van der Waals surface area contributed by atoms with Crippen LogP contribution in [0.4, 0.5) is 0 Å². The molecule has 0 aliphatic carbocycles. The van der Waals surface area contributed by atoms with E-state index in [0.717, 1.165) is 25.1 Å². The smallest absolute Gasteiger partial charge is 0.137 e. The Hall–Kier alpha value is -0.730. The van der Waals surface area contributed by atoms with Crippen molar-refractivity contribution in [1.82, 2.24) is 0 Å². The molecule has 0 unspecified atom stereocenters. The molecule has 3 heteroatoms. The predicted molar refractivity (Wildman–Crippen MR) is 58.7 cm³/mol. The number of hydrogen-bond acceptors (Lipinski definition) is 1. The highest BCUT2D eigenvalue weighted by Crippen LogP contribution is 2.25. The fourth-order valence-electron chi connectivity index (χ4n) is 1.23. The summed E-state index contributed by atoms with van der Waals surface area (Å²) in [7, 11) is 0. The van der Waals surface area contributed by atoms with E-state index in [-0.39, 0.29) is 0 Å². The van der Waals surface area contributed by atoms with Gasteiger partial charge in [-0.2, -0.15) is 0 Å². The maximum absolute atomic E-state index is 6.06. The van der Waals surface area contributed by atoms with E-state index < -0.39 is 0 Å². The van der Waals surface area contributed by atoms with E-state index in [4.69, 9.17) is 16.3 Å². The van der Waals surface area contributed by atoms with Crippen LogP contribution >= 0.6 is 11.6 Å². The van der Waals surface area contributed by atoms with Crippen molar-refractivity contribution in [2.24, 2.45) is 0 Å². The van der Waals surface area contributed by atoms with Gasteiger partial charge in [0, 0.05) is 6.42 Å². The molecule has 0 radical (unpaired) electrons. The zero-order valence-corrected chi connectivity index (χ0v) is 9.31. The second-order valence-corrected chi connectivity index (χ2v) is 3.62. The molecule has 0 saturated carbocycles. The molecule has 0 spiro atoms. The van der Waals surface area contributed by atoms with E-state index in [1.165, 1.54) is 5.56 Å². The lowest BCUT2D eigenvalue weighted by atomic mass is 10.1. The van der Waals surface area contributed by atoms with Crippen LogP contribution < -0.4 is 10.5 Å². The standard InChI is InChI=1S/C11H16ClNO/c1-2-7-14-11-4-3-9(5-6-13)8-10(11)12/h3-4,8H,2,5-7,13H2,1H3/p+1. The van der Waals surface area contributed by atoms with Crippen molar-refractivity contribution in [3.8, 4) is 5.75 Å². The van der Waals surface area contributed by atoms with Gasteiger partial charge in [-0.05, 0) is 24.1 Å². The van der Waals surface area contributed by atoms with Gasteiger partial charge in [-0.3, -0.25) is 0 Å². The maximum atomic E-state index is 6.06. The molecule has 3 N–H and O–H groups in total. The minimum Gasteiger partial charge on any atom is -0.492 e. The van der Waals surface area contributed by atoms with Crippen LogP contribution in [0.3, 0.4) is 0 Å². The molecule has 1 aromatic rings. The first-order valence-corrected chi connectivity index (χ1v) is 5.36. The van der Waals surface area contributed by atoms with Crippen LogP contribution in [0.15, 0.2) is 18.2 Å². The van der Waals surface area contributed by atoms with Crippen molar-refractivity contribution in [1.29, 1.82) is 0 Å². The molecule has 0 aliphatic heterocycles. The van der Waals surface area contributed by atoms with Gasteiger partial charge in [0.05, 0.1) is 18.2 Å². The fraction of sp³-hybridized carbons (Fsp3) is 0.455. The van der Waals surface area contributed by atoms with Gasteiger partial charge < -0.3 is 10.5 Å². The molecule has 1 rings (SSSR count). The highest BCUT2D eigenvalue weighted by molar-refractivity contribution is 6.32. The first-order chi connectivity index (χ1) is 6.77. The first kappa shape index (κ1) is 11.3. The number of halogens is 1. The summed E-state index contributed by atoms with van der Waals surface area (Å²) in [5.74, 6) is 0.779. The molecule has 0 bridgehead atoms. The third kappa shape index (κ3) is 3.20. The molecule has 78 valence electrons. The number of benzene rings is 1. The van der Waals surface area contributed by atoms with Gasteiger partial charge in [0.2, 0.25) is 0 Å². The van der Waals surface area contributed by atoms with Crippen molar-refractivity contribution < 1.29 is 10.5 Å². The van der Waals surface area contributed by atoms with Crippen LogP contribution in [-0.2, 0) is 6.42 Å². The van der Waals surface area contributed by atoms with Crippen LogP contribution in [0.5, 0.6) is 5.75 Å². The summed E-state index contributed by atoms with van der Waals surface area (Å²) in [6.07, 6.45) is 1.96. The molecule has 0 amide bonds. The third-order valence-corrected chi connectivity index (χ3v) is 2.22. The summed E-state index contributed by atoms with van der Waals surface area (Å²) in [6, 6.07) is 5.93. The van der Waals surface area contributed by atoms with E-state index >= 15 is 0 Å². The zero-order valence-electron chi connectivity index (χ0n) is 8.55. The largest absolute Gasteiger partial charge is 0.492 e. The lowest BCUT2D eigenvalue weighted by Gasteiger charge is -2.07. The molecule has 2 nitrogen and oxygen atoms in total. The Balaban J connectivity index is 2.68. The zero-order chi connectivity index (χ0) is 10.4. The lowest BCUT2D eigenvalue weighted by Crippen LogP contribution is -2.51. The van der Waals surface area contributed by atoms with E-state index in [0.29, 0.717) is 11.6 Å². The van der Waals surface area contributed by atoms with Crippen LogP contribution in [0.25, 0.3) is 0 Å². The van der Waals surface area contributed by atoms with E-state index in [1.54, 1.807) is 0 Å². The maximum Gasteiger partial charge on any atom is 0.137 e. The van der Waals surface area contributed by atoms with Crippen molar-refractivity contribution in [3.05, 3.63) is 28.8 Å². The van der Waals surface area contributed by atoms with Gasteiger partial charge in [0.1, 0.15) is 5.75 Å². The molecule has 0 atom stereocenters. The summed E-state index contributed by atoms with van der Waals surface area (Å²) in [4.78, 5) is 0. The summed E-state index contributed by atoms with van der Waals surface area (Å²) in [5, 5.41) is 0.699. The fourth-order valence-corrected chi connectivity index (χ4v) is 1.49. The van der Waals surface area contributed by atoms with Gasteiger partial charge in [0.25, 0.3) is 0 Å². The van der Waals surface area contributed by atoms with E-state index in [1.807, 2.05) is 18.2 Å². The first-order valence-electron chi connectivity index (χ1n) is 4.98. The molecule has 0 aliphatic rings. The van der Waals surface area contributed by atoms with Crippen LogP contribution in [0.1, 0.15) is 18.9 Å². The molecular formula is C11H17ClNO+. The molecule has 14 heavy (non-hydrogen) atoms. The average molecular weight is 215 g/mol. The van der Waals surface area contributed by atoms with Crippen LogP contribution in [0, 0.1) is 0 Å². The Morgan fingerprint density at radius 1 is 1.43 bits per heavy atom. The Bertz CT molecular complexity index is 289. The molecule has 0 fully saturated rings. The normalized spacial score (nSPS) is 10.2. The minimum atomic E-state index is 0.699. The number of ether oxygens (including phenoxy) is 1. The van der Waals surface area contributed by atoms with Crippen molar-refractivity contribution in [2.75, 3.05) is 13.2 Å². The quantitative estimate of drug-likeness (QED) is 0.799. The van der Waals surface area contributed by atoms with Gasteiger partial charge in [-0.15, -0.1) is 0 Å². The Morgan fingerprint density at radius 2 is 2.21 bits per heavy atom. The average Bonchev–Trinajstić information content (AvgIpc) is 2.17. The van der Waals surface area contributed by atoms with Gasteiger partial charge in [-0.1, -0.05) is 24.6 Å². The summed E-state index contributed by atoms with van der Waals surface area (Å²) in [5.41, 5.74) is 5.02. The molecule has 0 saturated heterocycles. The summed E-state index contributed by atoms with van der Waals surface area (Å²) >= 11 is 6.06. The van der Waals surface area contributed by atoms with E-state index in [9.17, 15) is 0 Å². The third-order valence-electron chi connectivity index (χ3n) is 1.92. The minimum absolute atomic E-state index is 0.699. The second kappa shape index (κ2) is 5.89. The van der Waals surface area contributed by atoms with Crippen LogP contribution in [-0.4, -0.2) is 13.2 Å². The summed E-state index contributed by atoms with van der Waals surface area (Å²) in [6.45, 7) is 3.69. The van der Waals surface area contributed by atoms with Crippen LogP contribution in [0.2, 0.25) is 5.02 Å². The number of quaternary nitrogens is 1. The lowest BCUT2D eigenvalue weighted by molar-refractivity contribution is -0.366. The SMILES string of the molecule is CCCOc1ccc(CC[NH3+])cc1Cl. The van der Waals surface area contributed by atoms with Crippen molar-refractivity contribution in [3.63, 3.8) is 0 Å². The number of rotatable bonds is 5. The Labute approximate surface area is 90.0 Å². The highest BCUT2D eigenvalue weighted by atomic mass is 35.5. The van der Waals surface area contributed by atoms with Gasteiger partial charge in [0.15, 0.2) is 0 Å². The highest BCUT2D eigenvalue weighted by Gasteiger charge is 2.02. The van der Waals surface area contributed by atoms with Gasteiger partial charge in [-0.25, -0.2) is 0 Å².